The van der Waals surface area contributed by atoms with Gasteiger partial charge >= 0.3 is 5.97 Å². The minimum absolute atomic E-state index is 0.338. The fourth-order valence-corrected chi connectivity index (χ4v) is 2.93. The van der Waals surface area contributed by atoms with Gasteiger partial charge in [0.25, 0.3) is 11.8 Å². The number of ether oxygens (including phenoxy) is 1. The first-order valence-corrected chi connectivity index (χ1v) is 9.27. The van der Waals surface area contributed by atoms with Gasteiger partial charge in [-0.2, -0.15) is 5.26 Å². The van der Waals surface area contributed by atoms with Gasteiger partial charge in [0.15, 0.2) is 6.61 Å². The van der Waals surface area contributed by atoms with Gasteiger partial charge < -0.3 is 9.30 Å². The van der Waals surface area contributed by atoms with Gasteiger partial charge in [0.05, 0.1) is 12.5 Å². The minimum atomic E-state index is -0.710. The molecular weight excluding hydrogens is 382 g/mol. The fraction of sp³-hybridized carbons (Fsp3) is 0.130. The zero-order valence-corrected chi connectivity index (χ0v) is 16.1. The van der Waals surface area contributed by atoms with Gasteiger partial charge in [-0.25, -0.2) is 4.79 Å². The standard InChI is InChI=1S/C23H19N3O4/c24-13-6-14-26-15-18(19-9-4-5-10-20(19)26)11-12-22(28)30-16-21(27)25-23(29)17-7-2-1-3-8-17/h1-5,7-12,15H,6,14,16H2,(H,25,27,29)/b12-11+. The molecule has 2 aromatic carbocycles. The second-order valence-electron chi connectivity index (χ2n) is 6.39. The van der Waals surface area contributed by atoms with Crippen LogP contribution in [0.25, 0.3) is 17.0 Å². The van der Waals surface area contributed by atoms with E-state index in [4.69, 9.17) is 10.00 Å². The van der Waals surface area contributed by atoms with Crippen LogP contribution in [0.5, 0.6) is 0 Å². The molecule has 0 saturated heterocycles. The van der Waals surface area contributed by atoms with Gasteiger partial charge in [0.1, 0.15) is 0 Å². The average molecular weight is 401 g/mol. The van der Waals surface area contributed by atoms with E-state index in [1.807, 2.05) is 35.0 Å². The van der Waals surface area contributed by atoms with Crippen LogP contribution in [0.1, 0.15) is 22.3 Å². The monoisotopic (exact) mass is 401 g/mol. The number of nitriles is 1. The molecule has 150 valence electrons. The summed E-state index contributed by atoms with van der Waals surface area (Å²) >= 11 is 0. The summed E-state index contributed by atoms with van der Waals surface area (Å²) in [6, 6.07) is 18.0. The first-order chi connectivity index (χ1) is 14.6. The van der Waals surface area contributed by atoms with Crippen molar-refractivity contribution < 1.29 is 19.1 Å². The second kappa shape index (κ2) is 9.85. The SMILES string of the molecule is N#CCCn1cc(/C=C/C(=O)OCC(=O)NC(=O)c2ccccc2)c2ccccc21. The quantitative estimate of drug-likeness (QED) is 0.484. The molecule has 1 aromatic heterocycles. The molecule has 30 heavy (non-hydrogen) atoms. The molecule has 0 aliphatic heterocycles. The van der Waals surface area contributed by atoms with Crippen molar-refractivity contribution in [3.63, 3.8) is 0 Å². The molecule has 0 aliphatic carbocycles. The highest BCUT2D eigenvalue weighted by Gasteiger charge is 2.12. The van der Waals surface area contributed by atoms with Crippen LogP contribution in [0.15, 0.2) is 66.9 Å². The topological polar surface area (TPSA) is 101 Å². The number of amides is 2. The van der Waals surface area contributed by atoms with Gasteiger partial charge in [-0.3, -0.25) is 14.9 Å². The zero-order valence-electron chi connectivity index (χ0n) is 16.1. The van der Waals surface area contributed by atoms with Crippen molar-refractivity contribution in [2.75, 3.05) is 6.61 Å². The summed E-state index contributed by atoms with van der Waals surface area (Å²) in [4.78, 5) is 35.7. The number of nitrogens with zero attached hydrogens (tertiary/aromatic N) is 2. The Bertz CT molecular complexity index is 1140. The third kappa shape index (κ3) is 5.20. The lowest BCUT2D eigenvalue weighted by Gasteiger charge is -2.04. The van der Waals surface area contributed by atoms with Gasteiger partial charge in [0.2, 0.25) is 0 Å². The summed E-state index contributed by atoms with van der Waals surface area (Å²) in [5, 5.41) is 11.9. The molecule has 2 amide bonds. The van der Waals surface area contributed by atoms with Crippen molar-refractivity contribution in [2.45, 2.75) is 13.0 Å². The molecule has 0 bridgehead atoms. The number of imide groups is 1. The number of hydrogen-bond acceptors (Lipinski definition) is 5. The molecule has 0 unspecified atom stereocenters. The van der Waals surface area contributed by atoms with E-state index in [0.717, 1.165) is 16.5 Å². The largest absolute Gasteiger partial charge is 0.452 e. The normalized spacial score (nSPS) is 10.6. The number of esters is 1. The summed E-state index contributed by atoms with van der Waals surface area (Å²) in [6.07, 6.45) is 5.06. The maximum Gasteiger partial charge on any atom is 0.331 e. The van der Waals surface area contributed by atoms with E-state index in [1.165, 1.54) is 6.08 Å². The summed E-state index contributed by atoms with van der Waals surface area (Å²) in [7, 11) is 0. The van der Waals surface area contributed by atoms with Crippen LogP contribution < -0.4 is 5.32 Å². The number of rotatable bonds is 7. The van der Waals surface area contributed by atoms with Gasteiger partial charge in [0, 0.05) is 40.8 Å². The number of nitrogens with one attached hydrogen (secondary N) is 1. The van der Waals surface area contributed by atoms with E-state index in [1.54, 1.807) is 36.4 Å². The number of aryl methyl sites for hydroxylation is 1. The third-order valence-electron chi connectivity index (χ3n) is 4.32. The van der Waals surface area contributed by atoms with Crippen LogP contribution in [0, 0.1) is 11.3 Å². The Labute approximate surface area is 173 Å². The predicted octanol–water partition coefficient (Wildman–Crippen LogP) is 3.07. The zero-order chi connectivity index (χ0) is 21.3. The van der Waals surface area contributed by atoms with Gasteiger partial charge in [-0.15, -0.1) is 0 Å². The molecule has 3 aromatic rings. The summed E-state index contributed by atoms with van der Waals surface area (Å²) in [6.45, 7) is -0.0173. The number of fused-ring (bicyclic) bond motifs is 1. The molecule has 7 nitrogen and oxygen atoms in total. The first kappa shape index (κ1) is 20.6. The molecular formula is C23H19N3O4. The van der Waals surface area contributed by atoms with Crippen molar-refractivity contribution in [1.29, 1.82) is 5.26 Å². The number of para-hydroxylation sites is 1. The van der Waals surface area contributed by atoms with E-state index in [0.29, 0.717) is 18.5 Å². The third-order valence-corrected chi connectivity index (χ3v) is 4.32. The maximum absolute atomic E-state index is 12.0. The van der Waals surface area contributed by atoms with E-state index in [9.17, 15) is 14.4 Å². The van der Waals surface area contributed by atoms with Crippen LogP contribution in [0.4, 0.5) is 0 Å². The molecule has 0 atom stereocenters. The highest BCUT2D eigenvalue weighted by Crippen LogP contribution is 2.22. The Balaban J connectivity index is 1.58. The Hall–Kier alpha value is -4.18. The average Bonchev–Trinajstić information content (AvgIpc) is 3.13. The van der Waals surface area contributed by atoms with Crippen LogP contribution in [-0.4, -0.2) is 29.0 Å². The van der Waals surface area contributed by atoms with E-state index < -0.39 is 24.4 Å². The van der Waals surface area contributed by atoms with Gasteiger partial charge in [-0.05, 0) is 24.3 Å². The number of carbonyl (C=O) groups excluding carboxylic acids is 3. The lowest BCUT2D eigenvalue weighted by atomic mass is 10.1. The molecule has 0 saturated carbocycles. The van der Waals surface area contributed by atoms with Crippen molar-refractivity contribution in [3.8, 4) is 6.07 Å². The Morgan fingerprint density at radius 2 is 1.80 bits per heavy atom. The summed E-state index contributed by atoms with van der Waals surface area (Å²) in [5.74, 6) is -1.97. The lowest BCUT2D eigenvalue weighted by Crippen LogP contribution is -2.33. The van der Waals surface area contributed by atoms with Crippen LogP contribution >= 0.6 is 0 Å². The van der Waals surface area contributed by atoms with Crippen LogP contribution in [0.2, 0.25) is 0 Å². The molecule has 1 N–H and O–H groups in total. The Morgan fingerprint density at radius 1 is 1.07 bits per heavy atom. The minimum Gasteiger partial charge on any atom is -0.452 e. The second-order valence-corrected chi connectivity index (χ2v) is 6.39. The first-order valence-electron chi connectivity index (χ1n) is 9.27. The molecule has 0 fully saturated rings. The van der Waals surface area contributed by atoms with Crippen LogP contribution in [-0.2, 0) is 20.9 Å². The number of benzene rings is 2. The Morgan fingerprint density at radius 3 is 2.57 bits per heavy atom. The van der Waals surface area contributed by atoms with Gasteiger partial charge in [-0.1, -0.05) is 36.4 Å². The van der Waals surface area contributed by atoms with Crippen molar-refractivity contribution in [3.05, 3.63) is 78.0 Å². The van der Waals surface area contributed by atoms with E-state index in [-0.39, 0.29) is 0 Å². The highest BCUT2D eigenvalue weighted by atomic mass is 16.5. The Kier molecular flexibility index (Phi) is 6.74. The number of hydrogen-bond donors (Lipinski definition) is 1. The lowest BCUT2D eigenvalue weighted by molar-refractivity contribution is -0.143. The highest BCUT2D eigenvalue weighted by molar-refractivity contribution is 6.05. The number of carbonyl (C=O) groups is 3. The predicted molar refractivity (Wildman–Crippen MR) is 111 cm³/mol. The van der Waals surface area contributed by atoms with Crippen molar-refractivity contribution >= 4 is 34.8 Å². The van der Waals surface area contributed by atoms with Crippen LogP contribution in [0.3, 0.4) is 0 Å². The van der Waals surface area contributed by atoms with Crippen molar-refractivity contribution in [1.82, 2.24) is 9.88 Å². The summed E-state index contributed by atoms with van der Waals surface area (Å²) in [5.41, 5.74) is 2.09. The number of aromatic nitrogens is 1. The molecule has 0 radical (unpaired) electrons. The molecule has 3 rings (SSSR count). The molecule has 1 heterocycles. The smallest absolute Gasteiger partial charge is 0.331 e. The van der Waals surface area contributed by atoms with Crippen molar-refractivity contribution in [2.24, 2.45) is 0 Å². The molecule has 0 aliphatic rings. The molecule has 0 spiro atoms. The van der Waals surface area contributed by atoms with E-state index >= 15 is 0 Å². The fourth-order valence-electron chi connectivity index (χ4n) is 2.93. The van der Waals surface area contributed by atoms with E-state index in [2.05, 4.69) is 11.4 Å². The maximum atomic E-state index is 12.0. The summed E-state index contributed by atoms with van der Waals surface area (Å²) < 4.78 is 6.86. The molecule has 7 heteroatoms.